The van der Waals surface area contributed by atoms with E-state index in [-0.39, 0.29) is 28.6 Å². The van der Waals surface area contributed by atoms with Crippen LogP contribution in [0.2, 0.25) is 5.02 Å². The molecule has 3 aromatic rings. The first-order valence-electron chi connectivity index (χ1n) is 10.2. The van der Waals surface area contributed by atoms with Crippen LogP contribution < -0.4 is 14.8 Å². The molecule has 0 fully saturated rings. The van der Waals surface area contributed by atoms with E-state index in [0.29, 0.717) is 11.6 Å². The Balaban J connectivity index is 1.64. The zero-order chi connectivity index (χ0) is 23.1. The van der Waals surface area contributed by atoms with Crippen LogP contribution in [0.15, 0.2) is 77.7 Å². The fraction of sp³-hybridized carbons (Fsp3) is 0.208. The van der Waals surface area contributed by atoms with Crippen molar-refractivity contribution >= 4 is 33.2 Å². The highest BCUT2D eigenvalue weighted by atomic mass is 35.5. The second kappa shape index (κ2) is 10.5. The topological polar surface area (TPSA) is 84.5 Å². The molecule has 0 saturated carbocycles. The van der Waals surface area contributed by atoms with Crippen LogP contribution in [-0.2, 0) is 10.0 Å². The predicted octanol–water partition coefficient (Wildman–Crippen LogP) is 5.07. The second-order valence-electron chi connectivity index (χ2n) is 7.41. The number of hydrogen-bond donors (Lipinski definition) is 2. The summed E-state index contributed by atoms with van der Waals surface area (Å²) in [6.45, 7) is 4.72. The first-order chi connectivity index (χ1) is 15.3. The summed E-state index contributed by atoms with van der Waals surface area (Å²) in [6.07, 6.45) is 0. The third-order valence-corrected chi connectivity index (χ3v) is 6.56. The Kier molecular flexibility index (Phi) is 7.77. The van der Waals surface area contributed by atoms with Crippen molar-refractivity contribution in [1.29, 1.82) is 0 Å². The molecule has 32 heavy (non-hydrogen) atoms. The zero-order valence-corrected chi connectivity index (χ0v) is 19.4. The van der Waals surface area contributed by atoms with Crippen molar-refractivity contribution in [2.45, 2.75) is 24.7 Å². The highest BCUT2D eigenvalue weighted by Crippen LogP contribution is 2.26. The molecule has 0 radical (unpaired) electrons. The summed E-state index contributed by atoms with van der Waals surface area (Å²) in [5.41, 5.74) is 1.68. The van der Waals surface area contributed by atoms with Gasteiger partial charge in [0.15, 0.2) is 0 Å². The highest BCUT2D eigenvalue weighted by Gasteiger charge is 2.20. The molecule has 6 nitrogen and oxygen atoms in total. The molecule has 0 saturated heterocycles. The minimum Gasteiger partial charge on any atom is -0.491 e. The molecule has 3 rings (SSSR count). The van der Waals surface area contributed by atoms with Gasteiger partial charge in [0.1, 0.15) is 17.3 Å². The number of halogens is 1. The Morgan fingerprint density at radius 3 is 2.41 bits per heavy atom. The van der Waals surface area contributed by atoms with Gasteiger partial charge >= 0.3 is 0 Å². The maximum atomic E-state index is 12.8. The van der Waals surface area contributed by atoms with E-state index in [0.717, 1.165) is 11.3 Å². The molecule has 0 aliphatic heterocycles. The standard InChI is InChI=1S/C24H25ClN2O4S/c1-17(2)20-10-6-7-11-22(20)31-15-14-26-24(28)18-12-13-21(25)23(16-18)32(29,30)27-19-8-4-3-5-9-19/h3-13,16-17,27H,14-15H2,1-2H3,(H,26,28). The molecular weight excluding hydrogens is 448 g/mol. The predicted molar refractivity (Wildman–Crippen MR) is 127 cm³/mol. The Morgan fingerprint density at radius 1 is 1.00 bits per heavy atom. The number of amides is 1. The molecule has 8 heteroatoms. The van der Waals surface area contributed by atoms with E-state index in [1.165, 1.54) is 18.2 Å². The fourth-order valence-corrected chi connectivity index (χ4v) is 4.67. The zero-order valence-electron chi connectivity index (χ0n) is 17.8. The number of para-hydroxylation sites is 2. The molecule has 0 unspecified atom stereocenters. The largest absolute Gasteiger partial charge is 0.491 e. The Bertz CT molecular complexity index is 1180. The number of benzene rings is 3. The summed E-state index contributed by atoms with van der Waals surface area (Å²) >= 11 is 6.12. The first-order valence-corrected chi connectivity index (χ1v) is 12.0. The summed E-state index contributed by atoms with van der Waals surface area (Å²) in [6, 6.07) is 20.4. The first kappa shape index (κ1) is 23.6. The second-order valence-corrected chi connectivity index (χ2v) is 9.47. The van der Waals surface area contributed by atoms with E-state index < -0.39 is 15.9 Å². The normalized spacial score (nSPS) is 11.2. The molecule has 2 N–H and O–H groups in total. The number of nitrogens with one attached hydrogen (secondary N) is 2. The van der Waals surface area contributed by atoms with Gasteiger partial charge in [0, 0.05) is 11.3 Å². The van der Waals surface area contributed by atoms with Crippen molar-refractivity contribution in [3.8, 4) is 5.75 Å². The minimum atomic E-state index is -3.96. The van der Waals surface area contributed by atoms with Gasteiger partial charge in [-0.2, -0.15) is 0 Å². The number of sulfonamides is 1. The van der Waals surface area contributed by atoms with E-state index in [1.54, 1.807) is 30.3 Å². The Morgan fingerprint density at radius 2 is 1.69 bits per heavy atom. The van der Waals surface area contributed by atoms with Crippen molar-refractivity contribution in [2.75, 3.05) is 17.9 Å². The third kappa shape index (κ3) is 6.02. The molecule has 0 heterocycles. The van der Waals surface area contributed by atoms with Gasteiger partial charge < -0.3 is 10.1 Å². The molecule has 168 valence electrons. The average Bonchev–Trinajstić information content (AvgIpc) is 2.77. The van der Waals surface area contributed by atoms with E-state index >= 15 is 0 Å². The van der Waals surface area contributed by atoms with Crippen LogP contribution in [0.4, 0.5) is 5.69 Å². The Hall–Kier alpha value is -3.03. The van der Waals surface area contributed by atoms with Crippen molar-refractivity contribution in [1.82, 2.24) is 5.32 Å². The SMILES string of the molecule is CC(C)c1ccccc1OCCNC(=O)c1ccc(Cl)c(S(=O)(=O)Nc2ccccc2)c1. The summed E-state index contributed by atoms with van der Waals surface area (Å²) in [4.78, 5) is 12.4. The molecule has 0 aliphatic rings. The maximum absolute atomic E-state index is 12.8. The van der Waals surface area contributed by atoms with Crippen LogP contribution in [0.25, 0.3) is 0 Å². The number of anilines is 1. The molecule has 1 amide bonds. The van der Waals surface area contributed by atoms with E-state index in [4.69, 9.17) is 16.3 Å². The molecular formula is C24H25ClN2O4S. The molecule has 0 spiro atoms. The van der Waals surface area contributed by atoms with Crippen LogP contribution in [0, 0.1) is 0 Å². The molecule has 0 bridgehead atoms. The molecule has 0 aliphatic carbocycles. The number of carbonyl (C=O) groups is 1. The van der Waals surface area contributed by atoms with Crippen LogP contribution in [-0.4, -0.2) is 27.5 Å². The van der Waals surface area contributed by atoms with Gasteiger partial charge in [0.05, 0.1) is 11.6 Å². The molecule has 3 aromatic carbocycles. The van der Waals surface area contributed by atoms with Crippen LogP contribution in [0.5, 0.6) is 5.75 Å². The lowest BCUT2D eigenvalue weighted by molar-refractivity contribution is 0.0946. The molecule has 0 aromatic heterocycles. The van der Waals surface area contributed by atoms with Crippen LogP contribution in [0.3, 0.4) is 0 Å². The lowest BCUT2D eigenvalue weighted by Crippen LogP contribution is -2.28. The minimum absolute atomic E-state index is 0.0265. The third-order valence-electron chi connectivity index (χ3n) is 4.70. The number of hydrogen-bond acceptors (Lipinski definition) is 4. The Labute approximate surface area is 193 Å². The van der Waals surface area contributed by atoms with Gasteiger partial charge in [0.2, 0.25) is 0 Å². The van der Waals surface area contributed by atoms with Gasteiger partial charge in [-0.1, -0.05) is 61.8 Å². The monoisotopic (exact) mass is 472 g/mol. The van der Waals surface area contributed by atoms with E-state index in [2.05, 4.69) is 23.9 Å². The average molecular weight is 473 g/mol. The van der Waals surface area contributed by atoms with Crippen LogP contribution >= 0.6 is 11.6 Å². The smallest absolute Gasteiger partial charge is 0.263 e. The van der Waals surface area contributed by atoms with Gasteiger partial charge in [-0.25, -0.2) is 8.42 Å². The van der Waals surface area contributed by atoms with Gasteiger partial charge in [-0.3, -0.25) is 9.52 Å². The van der Waals surface area contributed by atoms with E-state index in [1.807, 2.05) is 24.3 Å². The van der Waals surface area contributed by atoms with Crippen molar-refractivity contribution in [2.24, 2.45) is 0 Å². The summed E-state index contributed by atoms with van der Waals surface area (Å²) < 4.78 is 33.8. The quantitative estimate of drug-likeness (QED) is 0.425. The number of carbonyl (C=O) groups excluding carboxylic acids is 1. The van der Waals surface area contributed by atoms with Crippen molar-refractivity contribution < 1.29 is 17.9 Å². The van der Waals surface area contributed by atoms with Gasteiger partial charge in [-0.15, -0.1) is 0 Å². The fourth-order valence-electron chi connectivity index (χ4n) is 3.08. The summed E-state index contributed by atoms with van der Waals surface area (Å²) in [5, 5.41) is 2.77. The molecule has 0 atom stereocenters. The van der Waals surface area contributed by atoms with Gasteiger partial charge in [0.25, 0.3) is 15.9 Å². The summed E-state index contributed by atoms with van der Waals surface area (Å²) in [7, 11) is -3.96. The maximum Gasteiger partial charge on any atom is 0.263 e. The lowest BCUT2D eigenvalue weighted by atomic mass is 10.0. The highest BCUT2D eigenvalue weighted by molar-refractivity contribution is 7.92. The van der Waals surface area contributed by atoms with Gasteiger partial charge in [-0.05, 0) is 47.9 Å². The summed E-state index contributed by atoms with van der Waals surface area (Å²) in [5.74, 6) is 0.682. The number of rotatable bonds is 9. The van der Waals surface area contributed by atoms with Crippen LogP contribution in [0.1, 0.15) is 35.7 Å². The lowest BCUT2D eigenvalue weighted by Gasteiger charge is -2.14. The van der Waals surface area contributed by atoms with Crippen molar-refractivity contribution in [3.05, 3.63) is 88.9 Å². The van der Waals surface area contributed by atoms with E-state index in [9.17, 15) is 13.2 Å². The number of ether oxygens (including phenoxy) is 1. The van der Waals surface area contributed by atoms with Crippen molar-refractivity contribution in [3.63, 3.8) is 0 Å².